The van der Waals surface area contributed by atoms with Crippen molar-refractivity contribution in [2.24, 2.45) is 0 Å². The molecule has 3 aromatic rings. The van der Waals surface area contributed by atoms with Gasteiger partial charge in [-0.2, -0.15) is 13.2 Å². The van der Waals surface area contributed by atoms with E-state index in [-0.39, 0.29) is 11.6 Å². The van der Waals surface area contributed by atoms with E-state index in [2.05, 4.69) is 28.4 Å². The quantitative estimate of drug-likeness (QED) is 0.500. The average molecular weight is 456 g/mol. The third kappa shape index (κ3) is 6.56. The number of aliphatic carboxylic acids is 1. The Kier molecular flexibility index (Phi) is 8.38. The highest BCUT2D eigenvalue weighted by atomic mass is 19.4. The number of benzene rings is 1. The zero-order valence-electron chi connectivity index (χ0n) is 17.6. The molecule has 0 fully saturated rings. The van der Waals surface area contributed by atoms with Crippen LogP contribution < -0.4 is 15.6 Å². The second-order valence-corrected chi connectivity index (χ2v) is 6.65. The van der Waals surface area contributed by atoms with Crippen LogP contribution in [-0.4, -0.2) is 46.1 Å². The van der Waals surface area contributed by atoms with Gasteiger partial charge in [0.15, 0.2) is 5.65 Å². The summed E-state index contributed by atoms with van der Waals surface area (Å²) < 4.78 is 43.7. The molecule has 32 heavy (non-hydrogen) atoms. The summed E-state index contributed by atoms with van der Waals surface area (Å²) in [5.41, 5.74) is 3.32. The monoisotopic (exact) mass is 456 g/mol. The largest absolute Gasteiger partial charge is 0.496 e. The second kappa shape index (κ2) is 10.8. The van der Waals surface area contributed by atoms with Gasteiger partial charge in [0.2, 0.25) is 0 Å². The van der Waals surface area contributed by atoms with Crippen molar-refractivity contribution in [1.29, 1.82) is 0 Å². The number of H-pyrrole nitrogens is 1. The van der Waals surface area contributed by atoms with Gasteiger partial charge in [-0.25, -0.2) is 14.3 Å². The van der Waals surface area contributed by atoms with E-state index >= 15 is 0 Å². The van der Waals surface area contributed by atoms with Gasteiger partial charge in [-0.15, -0.1) is 0 Å². The fraction of sp³-hybridized carbons (Fsp3) is 0.350. The first kappa shape index (κ1) is 24.9. The van der Waals surface area contributed by atoms with Crippen LogP contribution in [0.15, 0.2) is 41.3 Å². The minimum absolute atomic E-state index is 0.0907. The molecule has 1 unspecified atom stereocenters. The Balaban J connectivity index is 0.000000451. The number of halogens is 3. The normalized spacial score (nSPS) is 12.2. The van der Waals surface area contributed by atoms with Gasteiger partial charge in [0, 0.05) is 43.6 Å². The molecule has 0 bridgehead atoms. The Morgan fingerprint density at radius 3 is 2.56 bits per heavy atom. The van der Waals surface area contributed by atoms with E-state index < -0.39 is 12.1 Å². The van der Waals surface area contributed by atoms with Crippen molar-refractivity contribution in [1.82, 2.24) is 19.9 Å². The number of hydrogen-bond acceptors (Lipinski definition) is 6. The molecule has 1 aromatic carbocycles. The average Bonchev–Trinajstić information content (AvgIpc) is 3.21. The predicted octanol–water partition coefficient (Wildman–Crippen LogP) is 2.66. The molecule has 9 nitrogen and oxygen atoms in total. The molecule has 2 heterocycles. The van der Waals surface area contributed by atoms with Crippen molar-refractivity contribution < 1.29 is 32.5 Å². The van der Waals surface area contributed by atoms with Crippen LogP contribution in [0.5, 0.6) is 5.75 Å². The van der Waals surface area contributed by atoms with Crippen LogP contribution in [0.3, 0.4) is 0 Å². The minimum atomic E-state index is -5.08. The van der Waals surface area contributed by atoms with Gasteiger partial charge in [0.25, 0.3) is 5.56 Å². The Hall–Kier alpha value is -3.38. The van der Waals surface area contributed by atoms with Crippen LogP contribution in [0.4, 0.5) is 13.2 Å². The highest BCUT2D eigenvalue weighted by molar-refractivity contribution is 5.73. The molecule has 174 valence electrons. The number of ether oxygens (including phenoxy) is 2. The zero-order valence-corrected chi connectivity index (χ0v) is 17.6. The van der Waals surface area contributed by atoms with E-state index in [0.29, 0.717) is 24.5 Å². The van der Waals surface area contributed by atoms with E-state index in [1.165, 1.54) is 10.6 Å². The molecule has 0 saturated carbocycles. The van der Waals surface area contributed by atoms with E-state index in [1.807, 2.05) is 12.1 Å². The smallest absolute Gasteiger partial charge is 0.490 e. The van der Waals surface area contributed by atoms with Crippen LogP contribution >= 0.6 is 0 Å². The van der Waals surface area contributed by atoms with Crippen molar-refractivity contribution in [3.63, 3.8) is 0 Å². The van der Waals surface area contributed by atoms with Gasteiger partial charge < -0.3 is 19.9 Å². The first-order valence-corrected chi connectivity index (χ1v) is 9.32. The van der Waals surface area contributed by atoms with E-state index in [0.717, 1.165) is 16.9 Å². The molecular formula is C20H23F3N4O5. The number of fused-ring (bicyclic) bond motifs is 1. The summed E-state index contributed by atoms with van der Waals surface area (Å²) in [6.07, 6.45) is -3.39. The molecule has 3 rings (SSSR count). The number of aromatic amines is 1. The van der Waals surface area contributed by atoms with Crippen LogP contribution in [0.1, 0.15) is 29.8 Å². The number of nitrogens with zero attached hydrogens (tertiary/aromatic N) is 2. The zero-order chi connectivity index (χ0) is 23.9. The SMILES string of the molecule is COCc1cc(C(C)NCc2cc(=O)n3[nH]ccc3n2)ccc1OC.O=C(O)C(F)(F)F. The maximum Gasteiger partial charge on any atom is 0.490 e. The number of aromatic nitrogens is 3. The molecule has 0 aliphatic carbocycles. The molecule has 3 N–H and O–H groups in total. The molecule has 2 aromatic heterocycles. The van der Waals surface area contributed by atoms with Gasteiger partial charge in [0.1, 0.15) is 5.75 Å². The number of hydrogen-bond donors (Lipinski definition) is 3. The van der Waals surface area contributed by atoms with Crippen molar-refractivity contribution in [3.8, 4) is 5.75 Å². The Labute approximate surface area is 180 Å². The van der Waals surface area contributed by atoms with Gasteiger partial charge in [0.05, 0.1) is 19.4 Å². The molecule has 0 aliphatic rings. The van der Waals surface area contributed by atoms with E-state index in [1.54, 1.807) is 26.5 Å². The van der Waals surface area contributed by atoms with Crippen LogP contribution in [0.2, 0.25) is 0 Å². The number of carboxylic acid groups (broad SMARTS) is 1. The number of carboxylic acids is 1. The molecule has 0 spiro atoms. The van der Waals surface area contributed by atoms with Gasteiger partial charge in [-0.1, -0.05) is 6.07 Å². The summed E-state index contributed by atoms with van der Waals surface area (Å²) in [6.45, 7) is 3.07. The number of carbonyl (C=O) groups is 1. The standard InChI is InChI=1S/C18H22N4O3.C2HF3O2/c1-12(13-4-5-16(25-3)14(8-13)11-24-2)19-10-15-9-18(23)22-17(21-15)6-7-20-22;3-2(4,5)1(6)7/h4-9,12,19-20H,10-11H2,1-3H3;(H,6,7). The van der Waals surface area contributed by atoms with Gasteiger partial charge in [-0.05, 0) is 24.6 Å². The van der Waals surface area contributed by atoms with Crippen LogP contribution in [0, 0.1) is 0 Å². The van der Waals surface area contributed by atoms with Gasteiger partial charge in [-0.3, -0.25) is 9.89 Å². The molecule has 12 heteroatoms. The minimum Gasteiger partial charge on any atom is -0.496 e. The lowest BCUT2D eigenvalue weighted by atomic mass is 10.0. The Bertz CT molecular complexity index is 1110. The number of rotatable bonds is 7. The lowest BCUT2D eigenvalue weighted by molar-refractivity contribution is -0.192. The lowest BCUT2D eigenvalue weighted by Crippen LogP contribution is -2.22. The maximum absolute atomic E-state index is 12.0. The fourth-order valence-electron chi connectivity index (χ4n) is 2.78. The number of nitrogens with one attached hydrogen (secondary N) is 2. The molecule has 0 aliphatic heterocycles. The summed E-state index contributed by atoms with van der Waals surface area (Å²) in [7, 11) is 3.31. The second-order valence-electron chi connectivity index (χ2n) is 6.65. The molecule has 0 amide bonds. The van der Waals surface area contributed by atoms with Crippen molar-refractivity contribution >= 4 is 11.6 Å². The third-order valence-corrected chi connectivity index (χ3v) is 4.37. The van der Waals surface area contributed by atoms with Gasteiger partial charge >= 0.3 is 12.1 Å². The molecule has 0 radical (unpaired) electrons. The summed E-state index contributed by atoms with van der Waals surface area (Å²) in [6, 6.07) is 9.43. The third-order valence-electron chi connectivity index (χ3n) is 4.37. The summed E-state index contributed by atoms with van der Waals surface area (Å²) in [4.78, 5) is 25.4. The summed E-state index contributed by atoms with van der Waals surface area (Å²) in [5.74, 6) is -1.95. The van der Waals surface area contributed by atoms with Crippen LogP contribution in [0.25, 0.3) is 5.65 Å². The highest BCUT2D eigenvalue weighted by Crippen LogP contribution is 2.24. The lowest BCUT2D eigenvalue weighted by Gasteiger charge is -2.16. The molecule has 1 atom stereocenters. The number of methoxy groups -OCH3 is 2. The van der Waals surface area contributed by atoms with Crippen LogP contribution in [-0.2, 0) is 22.7 Å². The Morgan fingerprint density at radius 1 is 1.28 bits per heavy atom. The van der Waals surface area contributed by atoms with E-state index in [4.69, 9.17) is 19.4 Å². The molecular weight excluding hydrogens is 433 g/mol. The predicted molar refractivity (Wildman–Crippen MR) is 108 cm³/mol. The van der Waals surface area contributed by atoms with Crippen molar-refractivity contribution in [2.45, 2.75) is 32.3 Å². The first-order chi connectivity index (χ1) is 15.1. The first-order valence-electron chi connectivity index (χ1n) is 9.32. The van der Waals surface area contributed by atoms with Crippen molar-refractivity contribution in [2.75, 3.05) is 14.2 Å². The highest BCUT2D eigenvalue weighted by Gasteiger charge is 2.38. The molecule has 0 saturated heterocycles. The number of alkyl halides is 3. The Morgan fingerprint density at radius 2 is 1.97 bits per heavy atom. The summed E-state index contributed by atoms with van der Waals surface area (Å²) in [5, 5.41) is 13.4. The van der Waals surface area contributed by atoms with E-state index in [9.17, 15) is 18.0 Å². The topological polar surface area (TPSA) is 118 Å². The maximum atomic E-state index is 12.0. The summed E-state index contributed by atoms with van der Waals surface area (Å²) >= 11 is 0. The fourth-order valence-corrected chi connectivity index (χ4v) is 2.78. The van der Waals surface area contributed by atoms with Crippen molar-refractivity contribution in [3.05, 3.63) is 63.7 Å².